The van der Waals surface area contributed by atoms with Crippen LogP contribution in [0.1, 0.15) is 20.7 Å². The molecule has 0 fully saturated rings. The van der Waals surface area contributed by atoms with Crippen molar-refractivity contribution in [1.29, 1.82) is 0 Å². The molecule has 0 radical (unpaired) electrons. The molecule has 1 amide bonds. The van der Waals surface area contributed by atoms with Gasteiger partial charge in [-0.1, -0.05) is 11.6 Å². The van der Waals surface area contributed by atoms with E-state index in [1.165, 1.54) is 24.4 Å². The van der Waals surface area contributed by atoms with Gasteiger partial charge in [0.15, 0.2) is 0 Å². The molecule has 0 saturated carbocycles. The maximum absolute atomic E-state index is 12.0. The zero-order chi connectivity index (χ0) is 14.7. The van der Waals surface area contributed by atoms with Crippen molar-refractivity contribution in [3.8, 4) is 0 Å². The average Bonchev–Trinajstić information content (AvgIpc) is 2.40. The fourth-order valence-corrected chi connectivity index (χ4v) is 2.08. The van der Waals surface area contributed by atoms with Crippen molar-refractivity contribution in [3.05, 3.63) is 57.3 Å². The molecule has 7 heteroatoms. The summed E-state index contributed by atoms with van der Waals surface area (Å²) >= 11 is 9.11. The number of nitrogens with zero attached hydrogens (tertiary/aromatic N) is 1. The summed E-state index contributed by atoms with van der Waals surface area (Å²) in [6.07, 6.45) is 1.49. The number of hydrogen-bond donors (Lipinski definition) is 2. The highest BCUT2D eigenvalue weighted by atomic mass is 79.9. The summed E-state index contributed by atoms with van der Waals surface area (Å²) < 4.78 is 0.539. The third kappa shape index (κ3) is 3.34. The van der Waals surface area contributed by atoms with Crippen molar-refractivity contribution in [2.75, 3.05) is 5.32 Å². The molecule has 0 saturated heterocycles. The van der Waals surface area contributed by atoms with Gasteiger partial charge in [0, 0.05) is 11.8 Å². The van der Waals surface area contributed by atoms with E-state index >= 15 is 0 Å². The summed E-state index contributed by atoms with van der Waals surface area (Å²) in [5, 5.41) is 11.6. The van der Waals surface area contributed by atoms with E-state index in [2.05, 4.69) is 26.2 Å². The molecule has 0 aliphatic heterocycles. The van der Waals surface area contributed by atoms with Gasteiger partial charge in [-0.25, -0.2) is 9.78 Å². The number of carbonyl (C=O) groups excluding carboxylic acids is 1. The lowest BCUT2D eigenvalue weighted by atomic mass is 10.2. The molecule has 0 atom stereocenters. The second kappa shape index (κ2) is 6.02. The second-order valence-corrected chi connectivity index (χ2v) is 5.04. The van der Waals surface area contributed by atoms with Crippen LogP contribution in [0.25, 0.3) is 0 Å². The van der Waals surface area contributed by atoms with E-state index in [9.17, 15) is 9.59 Å². The average molecular weight is 356 g/mol. The van der Waals surface area contributed by atoms with Crippen LogP contribution in [0.3, 0.4) is 0 Å². The summed E-state index contributed by atoms with van der Waals surface area (Å²) in [5.74, 6) is -1.44. The SMILES string of the molecule is O=C(O)c1ccc(NC(=O)c2ccnc(Br)c2)c(Cl)c1. The molecule has 102 valence electrons. The van der Waals surface area contributed by atoms with Crippen LogP contribution in [-0.2, 0) is 0 Å². The maximum atomic E-state index is 12.0. The Kier molecular flexibility index (Phi) is 4.36. The third-order valence-corrected chi connectivity index (χ3v) is 3.20. The maximum Gasteiger partial charge on any atom is 0.335 e. The number of rotatable bonds is 3. The van der Waals surface area contributed by atoms with Crippen LogP contribution in [-0.4, -0.2) is 22.0 Å². The molecular formula is C13H8BrClN2O3. The Balaban J connectivity index is 2.22. The number of amides is 1. The largest absolute Gasteiger partial charge is 0.478 e. The lowest BCUT2D eigenvalue weighted by molar-refractivity contribution is 0.0696. The lowest BCUT2D eigenvalue weighted by Gasteiger charge is -2.08. The molecule has 5 nitrogen and oxygen atoms in total. The molecule has 1 aromatic carbocycles. The Morgan fingerprint density at radius 1 is 1.20 bits per heavy atom. The number of anilines is 1. The number of halogens is 2. The van der Waals surface area contributed by atoms with E-state index in [1.807, 2.05) is 0 Å². The van der Waals surface area contributed by atoms with Gasteiger partial charge >= 0.3 is 5.97 Å². The number of aromatic carboxylic acids is 1. The molecule has 0 unspecified atom stereocenters. The standard InChI is InChI=1S/C13H8BrClN2O3/c14-11-6-7(3-4-16-11)12(18)17-10-2-1-8(13(19)20)5-9(10)15/h1-6H,(H,17,18)(H,19,20). The number of carboxylic acids is 1. The zero-order valence-corrected chi connectivity index (χ0v) is 12.3. The van der Waals surface area contributed by atoms with Gasteiger partial charge in [-0.15, -0.1) is 0 Å². The van der Waals surface area contributed by atoms with Crippen molar-refractivity contribution in [3.63, 3.8) is 0 Å². The van der Waals surface area contributed by atoms with Crippen LogP contribution in [0.2, 0.25) is 5.02 Å². The molecular weight excluding hydrogens is 348 g/mol. The van der Waals surface area contributed by atoms with Crippen molar-refractivity contribution >= 4 is 45.1 Å². The van der Waals surface area contributed by atoms with Crippen molar-refractivity contribution < 1.29 is 14.7 Å². The molecule has 2 N–H and O–H groups in total. The molecule has 0 aliphatic carbocycles. The number of nitrogens with one attached hydrogen (secondary N) is 1. The summed E-state index contributed by atoms with van der Waals surface area (Å²) in [6, 6.07) is 7.21. The van der Waals surface area contributed by atoms with Crippen LogP contribution < -0.4 is 5.32 Å². The Bertz CT molecular complexity index is 691. The fourth-order valence-electron chi connectivity index (χ4n) is 1.49. The minimum absolute atomic E-state index is 0.0552. The zero-order valence-electron chi connectivity index (χ0n) is 9.93. The molecule has 20 heavy (non-hydrogen) atoms. The summed E-state index contributed by atoms with van der Waals surface area (Å²) in [7, 11) is 0. The van der Waals surface area contributed by atoms with Crippen molar-refractivity contribution in [2.24, 2.45) is 0 Å². The van der Waals surface area contributed by atoms with Crippen LogP contribution >= 0.6 is 27.5 Å². The highest BCUT2D eigenvalue weighted by Gasteiger charge is 2.11. The van der Waals surface area contributed by atoms with E-state index in [0.29, 0.717) is 15.9 Å². The van der Waals surface area contributed by atoms with Gasteiger partial charge < -0.3 is 10.4 Å². The minimum atomic E-state index is -1.08. The monoisotopic (exact) mass is 354 g/mol. The van der Waals surface area contributed by atoms with Gasteiger partial charge in [-0.2, -0.15) is 0 Å². The molecule has 0 aliphatic rings. The van der Waals surface area contributed by atoms with Gasteiger partial charge in [0.1, 0.15) is 4.60 Å². The number of carboxylic acid groups (broad SMARTS) is 1. The molecule has 1 heterocycles. The first kappa shape index (κ1) is 14.5. The molecule has 1 aromatic heterocycles. The lowest BCUT2D eigenvalue weighted by Crippen LogP contribution is -2.12. The summed E-state index contributed by atoms with van der Waals surface area (Å²) in [6.45, 7) is 0. The Hall–Kier alpha value is -1.92. The number of carbonyl (C=O) groups is 2. The first-order chi connectivity index (χ1) is 9.47. The van der Waals surface area contributed by atoms with Gasteiger partial charge in [0.05, 0.1) is 16.3 Å². The van der Waals surface area contributed by atoms with E-state index < -0.39 is 5.97 Å². The quantitative estimate of drug-likeness (QED) is 0.827. The van der Waals surface area contributed by atoms with Crippen LogP contribution in [0, 0.1) is 0 Å². The van der Waals surface area contributed by atoms with Crippen LogP contribution in [0.5, 0.6) is 0 Å². The highest BCUT2D eigenvalue weighted by Crippen LogP contribution is 2.24. The van der Waals surface area contributed by atoms with E-state index in [-0.39, 0.29) is 16.5 Å². The first-order valence-corrected chi connectivity index (χ1v) is 6.60. The van der Waals surface area contributed by atoms with Gasteiger partial charge in [0.2, 0.25) is 0 Å². The minimum Gasteiger partial charge on any atom is -0.478 e. The second-order valence-electron chi connectivity index (χ2n) is 3.82. The van der Waals surface area contributed by atoms with Crippen molar-refractivity contribution in [1.82, 2.24) is 4.98 Å². The van der Waals surface area contributed by atoms with Gasteiger partial charge in [-0.05, 0) is 46.3 Å². The van der Waals surface area contributed by atoms with Crippen molar-refractivity contribution in [2.45, 2.75) is 0 Å². The molecule has 0 spiro atoms. The molecule has 2 aromatic rings. The number of hydrogen-bond acceptors (Lipinski definition) is 3. The predicted octanol–water partition coefficient (Wildman–Crippen LogP) is 3.45. The van der Waals surface area contributed by atoms with E-state index in [0.717, 1.165) is 0 Å². The fraction of sp³-hybridized carbons (Fsp3) is 0. The normalized spacial score (nSPS) is 10.1. The number of aromatic nitrogens is 1. The van der Waals surface area contributed by atoms with Crippen LogP contribution in [0.15, 0.2) is 41.1 Å². The topological polar surface area (TPSA) is 79.3 Å². The summed E-state index contributed by atoms with van der Waals surface area (Å²) in [4.78, 5) is 26.7. The number of benzene rings is 1. The highest BCUT2D eigenvalue weighted by molar-refractivity contribution is 9.10. The Morgan fingerprint density at radius 3 is 2.55 bits per heavy atom. The van der Waals surface area contributed by atoms with E-state index in [4.69, 9.17) is 16.7 Å². The summed E-state index contributed by atoms with van der Waals surface area (Å²) in [5.41, 5.74) is 0.805. The Labute approximate surface area is 127 Å². The van der Waals surface area contributed by atoms with Gasteiger partial charge in [-0.3, -0.25) is 4.79 Å². The predicted molar refractivity (Wildman–Crippen MR) is 78.3 cm³/mol. The Morgan fingerprint density at radius 2 is 1.95 bits per heavy atom. The molecule has 0 bridgehead atoms. The third-order valence-electron chi connectivity index (χ3n) is 2.45. The number of pyridine rings is 1. The molecule has 2 rings (SSSR count). The van der Waals surface area contributed by atoms with Gasteiger partial charge in [0.25, 0.3) is 5.91 Å². The first-order valence-electron chi connectivity index (χ1n) is 5.43. The smallest absolute Gasteiger partial charge is 0.335 e. The van der Waals surface area contributed by atoms with E-state index in [1.54, 1.807) is 12.1 Å². The van der Waals surface area contributed by atoms with Crippen LogP contribution in [0.4, 0.5) is 5.69 Å².